The fourth-order valence-corrected chi connectivity index (χ4v) is 8.10. The number of hydrogen-bond donors (Lipinski definition) is 2. The molecule has 44 heavy (non-hydrogen) atoms. The second-order valence-corrected chi connectivity index (χ2v) is 12.8. The van der Waals surface area contributed by atoms with E-state index in [4.69, 9.17) is 9.72 Å². The SMILES string of the molecule is Oc1cc(-c2ccc3c(N4CC5CCCNC5C4)nc(OC[C@@]45CCCN4C[C@H](F)C5)nc3c2F)c2c(F)c(F)ccc2c1. The molecule has 8 rings (SSSR count). The molecule has 0 spiro atoms. The topological polar surface area (TPSA) is 73.8 Å². The minimum absolute atomic E-state index is 0.00657. The van der Waals surface area contributed by atoms with Gasteiger partial charge in [-0.05, 0) is 79.9 Å². The molecule has 4 aliphatic rings. The average molecular weight is 608 g/mol. The number of hydrogen-bond acceptors (Lipinski definition) is 7. The summed E-state index contributed by atoms with van der Waals surface area (Å²) in [6.07, 6.45) is 3.40. The number of ether oxygens (including phenoxy) is 1. The number of nitrogens with zero attached hydrogens (tertiary/aromatic N) is 4. The van der Waals surface area contributed by atoms with Gasteiger partial charge in [0.05, 0.1) is 5.54 Å². The zero-order valence-corrected chi connectivity index (χ0v) is 24.1. The number of fused-ring (bicyclic) bond motifs is 4. The molecule has 4 saturated heterocycles. The van der Waals surface area contributed by atoms with Crippen LogP contribution in [-0.2, 0) is 0 Å². The summed E-state index contributed by atoms with van der Waals surface area (Å²) in [6, 6.07) is 8.34. The number of aromatic nitrogens is 2. The zero-order chi connectivity index (χ0) is 30.2. The summed E-state index contributed by atoms with van der Waals surface area (Å²) in [4.78, 5) is 13.6. The molecular formula is C33H33F4N5O2. The number of anilines is 1. The Morgan fingerprint density at radius 1 is 1.00 bits per heavy atom. The highest BCUT2D eigenvalue weighted by Crippen LogP contribution is 2.42. The van der Waals surface area contributed by atoms with E-state index in [2.05, 4.69) is 20.1 Å². The molecule has 4 atom stereocenters. The van der Waals surface area contributed by atoms with Gasteiger partial charge in [-0.3, -0.25) is 4.90 Å². The van der Waals surface area contributed by atoms with Crippen LogP contribution < -0.4 is 15.0 Å². The van der Waals surface area contributed by atoms with E-state index in [1.165, 1.54) is 24.3 Å². The van der Waals surface area contributed by atoms with E-state index in [1.807, 2.05) is 0 Å². The van der Waals surface area contributed by atoms with Gasteiger partial charge in [-0.2, -0.15) is 9.97 Å². The van der Waals surface area contributed by atoms with Crippen LogP contribution in [0.2, 0.25) is 0 Å². The molecule has 5 heterocycles. The van der Waals surface area contributed by atoms with Crippen LogP contribution in [0.5, 0.6) is 11.8 Å². The second-order valence-electron chi connectivity index (χ2n) is 12.8. The van der Waals surface area contributed by atoms with Crippen molar-refractivity contribution < 1.29 is 27.4 Å². The molecule has 0 aliphatic carbocycles. The predicted molar refractivity (Wildman–Crippen MR) is 159 cm³/mol. The van der Waals surface area contributed by atoms with Crippen molar-refractivity contribution in [2.75, 3.05) is 44.2 Å². The van der Waals surface area contributed by atoms with Crippen molar-refractivity contribution in [2.45, 2.75) is 49.9 Å². The minimum atomic E-state index is -1.13. The largest absolute Gasteiger partial charge is 0.508 e. The molecule has 4 aliphatic heterocycles. The summed E-state index contributed by atoms with van der Waals surface area (Å²) in [5, 5.41) is 14.6. The molecule has 3 aromatic carbocycles. The lowest BCUT2D eigenvalue weighted by molar-refractivity contribution is 0.107. The Kier molecular flexibility index (Phi) is 6.60. The Morgan fingerprint density at radius 3 is 2.75 bits per heavy atom. The smallest absolute Gasteiger partial charge is 0.319 e. The fourth-order valence-electron chi connectivity index (χ4n) is 8.10. The Morgan fingerprint density at radius 2 is 1.89 bits per heavy atom. The molecule has 0 amide bonds. The van der Waals surface area contributed by atoms with Gasteiger partial charge in [-0.15, -0.1) is 0 Å². The quantitative estimate of drug-likeness (QED) is 0.282. The maximum atomic E-state index is 16.7. The number of phenols is 1. The number of aromatic hydroxyl groups is 1. The van der Waals surface area contributed by atoms with Gasteiger partial charge in [0.2, 0.25) is 0 Å². The number of piperidine rings is 1. The Bertz CT molecular complexity index is 1780. The van der Waals surface area contributed by atoms with E-state index in [9.17, 15) is 13.9 Å². The first kappa shape index (κ1) is 27.8. The maximum Gasteiger partial charge on any atom is 0.319 e. The van der Waals surface area contributed by atoms with Gasteiger partial charge >= 0.3 is 6.01 Å². The lowest BCUT2D eigenvalue weighted by atomic mass is 9.94. The highest BCUT2D eigenvalue weighted by atomic mass is 19.2. The number of phenolic OH excluding ortho intramolecular Hbond substituents is 1. The number of halogens is 4. The normalized spacial score (nSPS) is 26.9. The third-order valence-corrected chi connectivity index (χ3v) is 10.2. The monoisotopic (exact) mass is 607 g/mol. The molecule has 1 aromatic heterocycles. The minimum Gasteiger partial charge on any atom is -0.508 e. The van der Waals surface area contributed by atoms with Crippen molar-refractivity contribution >= 4 is 27.5 Å². The van der Waals surface area contributed by atoms with Crippen molar-refractivity contribution in [2.24, 2.45) is 5.92 Å². The van der Waals surface area contributed by atoms with Gasteiger partial charge in [-0.25, -0.2) is 17.6 Å². The van der Waals surface area contributed by atoms with Crippen LogP contribution >= 0.6 is 0 Å². The van der Waals surface area contributed by atoms with E-state index in [-0.39, 0.29) is 45.8 Å². The third-order valence-electron chi connectivity index (χ3n) is 10.2. The molecule has 2 unspecified atom stereocenters. The lowest BCUT2D eigenvalue weighted by Crippen LogP contribution is -2.43. The summed E-state index contributed by atoms with van der Waals surface area (Å²) >= 11 is 0. The molecule has 11 heteroatoms. The lowest BCUT2D eigenvalue weighted by Gasteiger charge is -2.31. The summed E-state index contributed by atoms with van der Waals surface area (Å²) in [7, 11) is 0. The van der Waals surface area contributed by atoms with E-state index in [0.29, 0.717) is 42.7 Å². The summed E-state index contributed by atoms with van der Waals surface area (Å²) < 4.78 is 66.7. The molecule has 4 fully saturated rings. The number of rotatable bonds is 5. The Labute approximate surface area is 251 Å². The van der Waals surface area contributed by atoms with Crippen LogP contribution in [0.1, 0.15) is 32.1 Å². The van der Waals surface area contributed by atoms with Crippen LogP contribution in [0.15, 0.2) is 36.4 Å². The van der Waals surface area contributed by atoms with E-state index < -0.39 is 29.2 Å². The summed E-state index contributed by atoms with van der Waals surface area (Å²) in [5.74, 6) is -2.19. The molecule has 7 nitrogen and oxygen atoms in total. The highest BCUT2D eigenvalue weighted by molar-refractivity contribution is 6.01. The number of alkyl halides is 1. The van der Waals surface area contributed by atoms with Crippen LogP contribution in [0.4, 0.5) is 23.4 Å². The van der Waals surface area contributed by atoms with Gasteiger partial charge in [0.15, 0.2) is 17.5 Å². The Balaban J connectivity index is 1.26. The fraction of sp³-hybridized carbons (Fsp3) is 0.455. The van der Waals surface area contributed by atoms with Crippen molar-refractivity contribution in [1.82, 2.24) is 20.2 Å². The van der Waals surface area contributed by atoms with Crippen molar-refractivity contribution in [3.05, 3.63) is 53.8 Å². The van der Waals surface area contributed by atoms with Gasteiger partial charge < -0.3 is 20.1 Å². The first-order chi connectivity index (χ1) is 21.3. The van der Waals surface area contributed by atoms with Crippen LogP contribution in [0, 0.1) is 23.4 Å². The highest BCUT2D eigenvalue weighted by Gasteiger charge is 2.49. The predicted octanol–water partition coefficient (Wildman–Crippen LogP) is 5.72. The Hall–Kier alpha value is -3.70. The number of nitrogens with one attached hydrogen (secondary N) is 1. The molecular weight excluding hydrogens is 574 g/mol. The maximum absolute atomic E-state index is 16.7. The van der Waals surface area contributed by atoms with Crippen LogP contribution in [0.3, 0.4) is 0 Å². The van der Waals surface area contributed by atoms with Gasteiger partial charge in [0.1, 0.15) is 29.9 Å². The first-order valence-corrected chi connectivity index (χ1v) is 15.4. The standard InChI is InChI=1S/C33H33F4N5O2/c34-20-13-33(8-2-10-42(33)15-20)17-44-32-39-30-23(31(40-32)41-14-19-3-1-9-38-26(19)16-41)6-5-22(28(30)36)24-12-21(43)11-18-4-7-25(35)29(37)27(18)24/h4-7,11-12,19-20,26,38,43H,1-3,8-10,13-17H2/t19?,20-,26?,33+/m1/s1. The summed E-state index contributed by atoms with van der Waals surface area (Å²) in [5.41, 5.74) is -0.482. The average Bonchev–Trinajstić information content (AvgIpc) is 3.69. The van der Waals surface area contributed by atoms with E-state index in [0.717, 1.165) is 51.4 Å². The first-order valence-electron chi connectivity index (χ1n) is 15.4. The van der Waals surface area contributed by atoms with Gasteiger partial charge in [0, 0.05) is 48.4 Å². The molecule has 4 aromatic rings. The molecule has 2 N–H and O–H groups in total. The number of benzene rings is 3. The molecule has 230 valence electrons. The molecule has 0 bridgehead atoms. The van der Waals surface area contributed by atoms with Crippen molar-refractivity contribution in [1.29, 1.82) is 0 Å². The summed E-state index contributed by atoms with van der Waals surface area (Å²) in [6.45, 7) is 3.77. The van der Waals surface area contributed by atoms with E-state index in [1.54, 1.807) is 6.07 Å². The second kappa shape index (κ2) is 10.4. The molecule has 0 radical (unpaired) electrons. The van der Waals surface area contributed by atoms with Gasteiger partial charge in [0.25, 0.3) is 0 Å². The molecule has 0 saturated carbocycles. The van der Waals surface area contributed by atoms with Gasteiger partial charge in [-0.1, -0.05) is 12.1 Å². The van der Waals surface area contributed by atoms with Crippen LogP contribution in [0.25, 0.3) is 32.8 Å². The van der Waals surface area contributed by atoms with Crippen molar-refractivity contribution in [3.8, 4) is 22.9 Å². The zero-order valence-electron chi connectivity index (χ0n) is 24.1. The van der Waals surface area contributed by atoms with Crippen molar-refractivity contribution in [3.63, 3.8) is 0 Å². The third kappa shape index (κ3) is 4.46. The van der Waals surface area contributed by atoms with E-state index >= 15 is 8.78 Å². The van der Waals surface area contributed by atoms with Crippen LogP contribution in [-0.4, -0.2) is 77.1 Å².